The number of hydrogen-bond acceptors (Lipinski definition) is 10. The van der Waals surface area contributed by atoms with E-state index in [-0.39, 0.29) is 17.7 Å². The lowest BCUT2D eigenvalue weighted by Gasteiger charge is -2.55. The molecule has 3 aliphatic rings. The second kappa shape index (κ2) is 7.37. The van der Waals surface area contributed by atoms with Gasteiger partial charge in [-0.2, -0.15) is 0 Å². The Morgan fingerprint density at radius 1 is 1.18 bits per heavy atom. The van der Waals surface area contributed by atoms with Crippen LogP contribution < -0.4 is 5.73 Å². The predicted octanol–water partition coefficient (Wildman–Crippen LogP) is -1.01. The van der Waals surface area contributed by atoms with Crippen LogP contribution in [0.4, 0.5) is 0 Å². The van der Waals surface area contributed by atoms with Crippen molar-refractivity contribution in [3.05, 3.63) is 46.2 Å². The lowest BCUT2D eigenvalue weighted by molar-refractivity contribution is -0.182. The van der Waals surface area contributed by atoms with E-state index in [4.69, 9.17) is 5.73 Å². The van der Waals surface area contributed by atoms with Crippen LogP contribution in [0.1, 0.15) is 25.0 Å². The number of nitrogens with two attached hydrogens (primary N) is 1. The predicted molar refractivity (Wildman–Crippen MR) is 116 cm³/mol. The Bertz CT molecular complexity index is 1200. The van der Waals surface area contributed by atoms with Gasteiger partial charge in [-0.15, -0.1) is 0 Å². The molecule has 11 nitrogen and oxygen atoms in total. The van der Waals surface area contributed by atoms with Crippen molar-refractivity contribution in [1.82, 2.24) is 4.90 Å². The Morgan fingerprint density at radius 3 is 2.35 bits per heavy atom. The number of amides is 1. The number of phenolic OH excluding ortho intramolecular Hbond substituents is 1. The number of aromatic hydroxyl groups is 1. The highest BCUT2D eigenvalue weighted by Crippen LogP contribution is 2.57. The molecule has 6 atom stereocenters. The molecule has 34 heavy (non-hydrogen) atoms. The lowest BCUT2D eigenvalue weighted by atomic mass is 9.53. The number of carbonyl (C=O) groups is 3. The zero-order valence-corrected chi connectivity index (χ0v) is 18.7. The molecule has 1 aromatic carbocycles. The standard InChI is InChI=1S/C23H26N2O9/c1-4-25(3)15-14-18(29)13-11(16(27)10-8(22(13,2)33)6-5-7-9(10)26)19(30)23(14,34)20(31)12(17(15)28)21(24)32/h5-7,13-15,18,26-27,29,31,33-34H,4H2,1-3H3,(H2,24,32). The van der Waals surface area contributed by atoms with Crippen molar-refractivity contribution in [1.29, 1.82) is 0 Å². The summed E-state index contributed by atoms with van der Waals surface area (Å²) < 4.78 is 0. The summed E-state index contributed by atoms with van der Waals surface area (Å²) >= 11 is 0. The summed E-state index contributed by atoms with van der Waals surface area (Å²) in [7, 11) is 1.45. The van der Waals surface area contributed by atoms with Crippen LogP contribution in [-0.2, 0) is 20.0 Å². The lowest BCUT2D eigenvalue weighted by Crippen LogP contribution is -2.72. The summed E-state index contributed by atoms with van der Waals surface area (Å²) in [6, 6.07) is 2.53. The van der Waals surface area contributed by atoms with Crippen LogP contribution in [0.15, 0.2) is 35.1 Å². The molecule has 0 aromatic heterocycles. The molecule has 6 unspecified atom stereocenters. The van der Waals surface area contributed by atoms with E-state index in [1.165, 1.54) is 37.1 Å². The van der Waals surface area contributed by atoms with Crippen molar-refractivity contribution in [3.8, 4) is 5.75 Å². The first-order valence-corrected chi connectivity index (χ1v) is 10.7. The van der Waals surface area contributed by atoms with Crippen molar-refractivity contribution in [3.63, 3.8) is 0 Å². The molecule has 0 heterocycles. The summed E-state index contributed by atoms with van der Waals surface area (Å²) in [5, 5.41) is 66.7. The molecular formula is C23H26N2O9. The Hall–Kier alpha value is -3.25. The monoisotopic (exact) mass is 474 g/mol. The quantitative estimate of drug-likeness (QED) is 0.266. The van der Waals surface area contributed by atoms with Crippen LogP contribution in [0.25, 0.3) is 5.76 Å². The molecule has 0 radical (unpaired) electrons. The van der Waals surface area contributed by atoms with Crippen LogP contribution in [0, 0.1) is 11.8 Å². The number of aliphatic hydroxyl groups is 5. The number of Topliss-reactive ketones (excluding diaryl/α,β-unsaturated/α-hetero) is 2. The molecule has 11 heteroatoms. The minimum Gasteiger partial charge on any atom is -0.508 e. The number of ketones is 2. The van der Waals surface area contributed by atoms with E-state index in [1.54, 1.807) is 6.92 Å². The molecule has 0 bridgehead atoms. The number of rotatable bonds is 3. The largest absolute Gasteiger partial charge is 0.508 e. The summed E-state index contributed by atoms with van der Waals surface area (Å²) in [5.41, 5.74) is -1.71. The van der Waals surface area contributed by atoms with Crippen molar-refractivity contribution < 1.29 is 45.0 Å². The maximum atomic E-state index is 13.8. The van der Waals surface area contributed by atoms with Gasteiger partial charge in [0.15, 0.2) is 11.4 Å². The number of benzene rings is 1. The zero-order valence-electron chi connectivity index (χ0n) is 18.7. The number of carbonyl (C=O) groups excluding carboxylic acids is 3. The number of primary amides is 1. The van der Waals surface area contributed by atoms with E-state index in [2.05, 4.69) is 0 Å². The van der Waals surface area contributed by atoms with Crippen LogP contribution >= 0.6 is 0 Å². The van der Waals surface area contributed by atoms with Crippen molar-refractivity contribution in [2.75, 3.05) is 13.6 Å². The van der Waals surface area contributed by atoms with E-state index in [0.717, 1.165) is 0 Å². The average Bonchev–Trinajstić information content (AvgIpc) is 2.75. The fourth-order valence-corrected chi connectivity index (χ4v) is 5.71. The Balaban J connectivity index is 2.10. The van der Waals surface area contributed by atoms with Gasteiger partial charge >= 0.3 is 0 Å². The summed E-state index contributed by atoms with van der Waals surface area (Å²) in [4.78, 5) is 40.4. The van der Waals surface area contributed by atoms with Gasteiger partial charge in [0.25, 0.3) is 5.91 Å². The number of nitrogens with zero attached hydrogens (tertiary/aromatic N) is 1. The second-order valence-corrected chi connectivity index (χ2v) is 9.17. The SMILES string of the molecule is CCN(C)C1C(=O)C(C(N)=O)=C(O)C2(O)C(=O)C3=C(O)c4c(O)cccc4C(C)(O)C3C(O)C12. The molecule has 1 aromatic rings. The van der Waals surface area contributed by atoms with E-state index < -0.39 is 81.1 Å². The number of hydrogen-bond donors (Lipinski definition) is 7. The molecule has 1 amide bonds. The normalized spacial score (nSPS) is 35.3. The minimum atomic E-state index is -3.02. The second-order valence-electron chi connectivity index (χ2n) is 9.17. The first-order chi connectivity index (χ1) is 15.7. The van der Waals surface area contributed by atoms with Gasteiger partial charge in [0, 0.05) is 0 Å². The van der Waals surface area contributed by atoms with Gasteiger partial charge in [-0.3, -0.25) is 19.3 Å². The third kappa shape index (κ3) is 2.69. The number of likely N-dealkylation sites (N-methyl/N-ethyl adjacent to an activating group) is 1. The van der Waals surface area contributed by atoms with Gasteiger partial charge in [-0.1, -0.05) is 19.1 Å². The topological polar surface area (TPSA) is 202 Å². The number of fused-ring (bicyclic) bond motifs is 3. The Kier molecular flexibility index (Phi) is 5.18. The highest BCUT2D eigenvalue weighted by molar-refractivity contribution is 6.24. The molecule has 0 spiro atoms. The fraction of sp³-hybridized carbons (Fsp3) is 0.435. The average molecular weight is 474 g/mol. The molecule has 4 rings (SSSR count). The number of aliphatic hydroxyl groups excluding tert-OH is 3. The summed E-state index contributed by atoms with van der Waals surface area (Å²) in [6.07, 6.45) is -1.87. The molecule has 1 fully saturated rings. The Morgan fingerprint density at radius 2 is 1.79 bits per heavy atom. The highest BCUT2D eigenvalue weighted by Gasteiger charge is 2.70. The van der Waals surface area contributed by atoms with Gasteiger partial charge in [0.05, 0.1) is 40.7 Å². The molecule has 0 saturated heterocycles. The van der Waals surface area contributed by atoms with Gasteiger partial charge in [-0.25, -0.2) is 0 Å². The van der Waals surface area contributed by atoms with E-state index in [0.29, 0.717) is 0 Å². The van der Waals surface area contributed by atoms with E-state index >= 15 is 0 Å². The molecule has 182 valence electrons. The van der Waals surface area contributed by atoms with Crippen LogP contribution in [-0.4, -0.2) is 84.4 Å². The number of phenols is 1. The first-order valence-electron chi connectivity index (χ1n) is 10.7. The van der Waals surface area contributed by atoms with Crippen molar-refractivity contribution in [2.45, 2.75) is 37.2 Å². The molecule has 3 aliphatic carbocycles. The van der Waals surface area contributed by atoms with Gasteiger partial charge in [0.1, 0.15) is 22.8 Å². The highest BCUT2D eigenvalue weighted by atomic mass is 16.4. The van der Waals surface area contributed by atoms with Gasteiger partial charge < -0.3 is 36.4 Å². The van der Waals surface area contributed by atoms with Crippen molar-refractivity contribution >= 4 is 23.2 Å². The smallest absolute Gasteiger partial charge is 0.255 e. The molecular weight excluding hydrogens is 448 g/mol. The molecule has 1 saturated carbocycles. The summed E-state index contributed by atoms with van der Waals surface area (Å²) in [5.74, 6) is -9.62. The molecule has 0 aliphatic heterocycles. The first kappa shape index (κ1) is 23.9. The van der Waals surface area contributed by atoms with Crippen LogP contribution in [0.3, 0.4) is 0 Å². The summed E-state index contributed by atoms with van der Waals surface area (Å²) in [6.45, 7) is 3.10. The zero-order chi connectivity index (χ0) is 25.5. The maximum absolute atomic E-state index is 13.8. The van der Waals surface area contributed by atoms with E-state index in [9.17, 15) is 45.0 Å². The van der Waals surface area contributed by atoms with E-state index in [1.807, 2.05) is 0 Å². The molecule has 8 N–H and O–H groups in total. The Labute approximate surface area is 194 Å². The third-order valence-corrected chi connectivity index (χ3v) is 7.45. The van der Waals surface area contributed by atoms with Crippen LogP contribution in [0.5, 0.6) is 5.75 Å². The fourth-order valence-electron chi connectivity index (χ4n) is 5.71. The third-order valence-electron chi connectivity index (χ3n) is 7.45. The van der Waals surface area contributed by atoms with Gasteiger partial charge in [0.2, 0.25) is 5.78 Å². The van der Waals surface area contributed by atoms with Crippen molar-refractivity contribution in [2.24, 2.45) is 17.6 Å². The minimum absolute atomic E-state index is 0.0103. The van der Waals surface area contributed by atoms with Crippen LogP contribution in [0.2, 0.25) is 0 Å². The maximum Gasteiger partial charge on any atom is 0.255 e. The van der Waals surface area contributed by atoms with Gasteiger partial charge in [-0.05, 0) is 32.1 Å².